The summed E-state index contributed by atoms with van der Waals surface area (Å²) in [5.74, 6) is -0.806. The first-order valence-corrected chi connectivity index (χ1v) is 17.6. The van der Waals surface area contributed by atoms with E-state index in [1.807, 2.05) is 4.90 Å². The molecule has 11 nitrogen and oxygen atoms in total. The van der Waals surface area contributed by atoms with E-state index in [-0.39, 0.29) is 28.7 Å². The lowest BCUT2D eigenvalue weighted by Crippen LogP contribution is -2.48. The summed E-state index contributed by atoms with van der Waals surface area (Å²) in [5.41, 5.74) is 7.52. The molecular weight excluding hydrogens is 642 g/mol. The number of amides is 1. The van der Waals surface area contributed by atoms with E-state index in [0.717, 1.165) is 50.9 Å². The maximum Gasteiger partial charge on any atom is 0.319 e. The van der Waals surface area contributed by atoms with Crippen LogP contribution in [0, 0.1) is 11.6 Å². The molecule has 0 bridgehead atoms. The summed E-state index contributed by atoms with van der Waals surface area (Å²) >= 11 is 0. The number of hydrogen-bond acceptors (Lipinski definition) is 10. The number of nitrogens with two attached hydrogens (primary N) is 1. The average Bonchev–Trinajstić information content (AvgIpc) is 3.64. The maximum atomic E-state index is 16.8. The van der Waals surface area contributed by atoms with Gasteiger partial charge in [0.1, 0.15) is 35.5 Å². The van der Waals surface area contributed by atoms with Gasteiger partial charge in [0.05, 0.1) is 30.7 Å². The van der Waals surface area contributed by atoms with E-state index in [2.05, 4.69) is 20.2 Å². The number of morpholine rings is 1. The van der Waals surface area contributed by atoms with Gasteiger partial charge in [-0.05, 0) is 62.7 Å². The number of halogens is 2. The highest BCUT2D eigenvalue weighted by Crippen LogP contribution is 2.40. The predicted molar refractivity (Wildman–Crippen MR) is 187 cm³/mol. The molecule has 2 aromatic carbocycles. The van der Waals surface area contributed by atoms with Gasteiger partial charge in [0.25, 0.3) is 0 Å². The number of nitrogens with zero attached hydrogens (tertiary/aromatic N) is 6. The van der Waals surface area contributed by atoms with Gasteiger partial charge < -0.3 is 30.3 Å². The molecule has 6 heterocycles. The van der Waals surface area contributed by atoms with Crippen LogP contribution >= 0.6 is 0 Å². The van der Waals surface area contributed by atoms with Gasteiger partial charge >= 0.3 is 6.01 Å². The zero-order valence-electron chi connectivity index (χ0n) is 28.0. The number of fused-ring (bicyclic) bond motifs is 3. The first kappa shape index (κ1) is 32.7. The summed E-state index contributed by atoms with van der Waals surface area (Å²) < 4.78 is 43.8. The number of carbonyl (C=O) groups is 1. The third-order valence-corrected chi connectivity index (χ3v) is 10.6. The summed E-state index contributed by atoms with van der Waals surface area (Å²) in [7, 11) is 0. The molecule has 0 spiro atoms. The zero-order chi connectivity index (χ0) is 34.2. The van der Waals surface area contributed by atoms with Crippen molar-refractivity contribution < 1.29 is 23.0 Å². The normalized spacial score (nSPS) is 21.0. The van der Waals surface area contributed by atoms with E-state index in [1.54, 1.807) is 47.5 Å². The van der Waals surface area contributed by atoms with Crippen molar-refractivity contribution in [3.8, 4) is 17.3 Å². The fourth-order valence-electron chi connectivity index (χ4n) is 8.10. The number of nitrogens with one attached hydrogen (secondary N) is 1. The molecule has 4 fully saturated rings. The molecule has 262 valence electrons. The van der Waals surface area contributed by atoms with Crippen LogP contribution in [0.15, 0.2) is 54.4 Å². The summed E-state index contributed by atoms with van der Waals surface area (Å²) in [6.45, 7) is 6.12. The monoisotopic (exact) mass is 684 g/mol. The van der Waals surface area contributed by atoms with Gasteiger partial charge in [0.2, 0.25) is 5.91 Å². The number of pyridine rings is 1. The Labute approximate surface area is 289 Å². The quantitative estimate of drug-likeness (QED) is 0.296. The van der Waals surface area contributed by atoms with Gasteiger partial charge in [-0.2, -0.15) is 9.97 Å². The Bertz CT molecular complexity index is 1940. The van der Waals surface area contributed by atoms with Crippen molar-refractivity contribution in [1.29, 1.82) is 0 Å². The van der Waals surface area contributed by atoms with Crippen LogP contribution in [0.2, 0.25) is 0 Å². The molecule has 1 amide bonds. The van der Waals surface area contributed by atoms with Crippen LogP contribution in [0.3, 0.4) is 0 Å². The Morgan fingerprint density at radius 2 is 1.82 bits per heavy atom. The van der Waals surface area contributed by atoms with Crippen LogP contribution < -0.4 is 20.7 Å². The van der Waals surface area contributed by atoms with Crippen molar-refractivity contribution in [2.24, 2.45) is 5.73 Å². The Hall–Kier alpha value is -4.46. The zero-order valence-corrected chi connectivity index (χ0v) is 28.0. The van der Waals surface area contributed by atoms with Crippen molar-refractivity contribution in [3.05, 3.63) is 66.0 Å². The lowest BCUT2D eigenvalue weighted by molar-refractivity contribution is -0.135. The van der Waals surface area contributed by atoms with E-state index in [4.69, 9.17) is 20.2 Å². The summed E-state index contributed by atoms with van der Waals surface area (Å²) in [6, 6.07) is 9.28. The van der Waals surface area contributed by atoms with Crippen LogP contribution in [0.4, 0.5) is 14.6 Å². The second-order valence-corrected chi connectivity index (χ2v) is 13.7. The van der Waals surface area contributed by atoms with Crippen LogP contribution in [-0.4, -0.2) is 108 Å². The van der Waals surface area contributed by atoms with Gasteiger partial charge in [0.15, 0.2) is 5.82 Å². The van der Waals surface area contributed by atoms with Gasteiger partial charge in [0, 0.05) is 49.0 Å². The lowest BCUT2D eigenvalue weighted by Gasteiger charge is -2.31. The minimum Gasteiger partial charge on any atom is -0.461 e. The number of anilines is 1. The Morgan fingerprint density at radius 1 is 1.04 bits per heavy atom. The number of rotatable bonds is 7. The molecule has 13 heteroatoms. The van der Waals surface area contributed by atoms with E-state index < -0.39 is 17.7 Å². The smallest absolute Gasteiger partial charge is 0.319 e. The van der Waals surface area contributed by atoms with Crippen molar-refractivity contribution >= 4 is 33.4 Å². The molecule has 4 saturated heterocycles. The molecular formula is C37H42F2N8O3. The van der Waals surface area contributed by atoms with Gasteiger partial charge in [-0.3, -0.25) is 14.7 Å². The SMILES string of the molecule is NC(/C=C1/CN(c2nc(OCC34CCCN3CCC4)nc3c(F)c(-c4cccc5cccc(F)c45)ncc23)CCCN1)C(=O)N1CCOCC1. The highest BCUT2D eigenvalue weighted by atomic mass is 19.1. The van der Waals surface area contributed by atoms with E-state index >= 15 is 8.78 Å². The molecule has 1 unspecified atom stereocenters. The minimum absolute atomic E-state index is 0.00544. The average molecular weight is 685 g/mol. The first-order chi connectivity index (χ1) is 24.4. The number of benzene rings is 2. The number of carbonyl (C=O) groups excluding carboxylic acids is 1. The third-order valence-electron chi connectivity index (χ3n) is 10.6. The highest BCUT2D eigenvalue weighted by molar-refractivity contribution is 5.99. The van der Waals surface area contributed by atoms with E-state index in [9.17, 15) is 4.79 Å². The number of ether oxygens (including phenoxy) is 2. The Balaban J connectivity index is 1.18. The fourth-order valence-corrected chi connectivity index (χ4v) is 8.10. The summed E-state index contributed by atoms with van der Waals surface area (Å²) in [6.07, 6.45) is 8.39. The number of aromatic nitrogens is 3. The van der Waals surface area contributed by atoms with Crippen molar-refractivity contribution in [1.82, 2.24) is 30.1 Å². The van der Waals surface area contributed by atoms with Crippen LogP contribution in [-0.2, 0) is 9.53 Å². The molecule has 50 heavy (non-hydrogen) atoms. The van der Waals surface area contributed by atoms with E-state index in [1.165, 1.54) is 6.07 Å². The topological polar surface area (TPSA) is 122 Å². The van der Waals surface area contributed by atoms with Crippen molar-refractivity contribution in [2.45, 2.75) is 43.7 Å². The number of hydrogen-bond donors (Lipinski definition) is 2. The largest absolute Gasteiger partial charge is 0.461 e. The van der Waals surface area contributed by atoms with Gasteiger partial charge in [-0.25, -0.2) is 8.78 Å². The molecule has 2 aromatic heterocycles. The van der Waals surface area contributed by atoms with Gasteiger partial charge in [-0.1, -0.05) is 30.3 Å². The Morgan fingerprint density at radius 3 is 2.62 bits per heavy atom. The summed E-state index contributed by atoms with van der Waals surface area (Å²) in [4.78, 5) is 33.5. The molecule has 1 atom stereocenters. The highest BCUT2D eigenvalue weighted by Gasteiger charge is 2.45. The standard InChI is InChI=1S/C37H42F2N8O3/c38-28-9-2-7-24-6-1-8-26(30(24)28)32-31(39)33-27(21-42-32)34(44-36(43-33)50-23-37-10-3-14-47(37)15-4-11-37)46-13-5-12-41-25(22-46)20-29(40)35(48)45-16-18-49-19-17-45/h1-2,6-9,20-21,29,41H,3-5,10-19,22-23,40H2/b25-20-. The van der Waals surface area contributed by atoms with E-state index in [0.29, 0.717) is 80.1 Å². The molecule has 3 N–H and O–H groups in total. The molecule has 4 aliphatic rings. The second-order valence-electron chi connectivity index (χ2n) is 13.7. The lowest BCUT2D eigenvalue weighted by atomic mass is 9.95. The minimum atomic E-state index is -0.834. The van der Waals surface area contributed by atoms with Crippen molar-refractivity contribution in [3.63, 3.8) is 0 Å². The molecule has 4 aliphatic heterocycles. The predicted octanol–water partition coefficient (Wildman–Crippen LogP) is 4.00. The van der Waals surface area contributed by atoms with Crippen LogP contribution in [0.25, 0.3) is 32.9 Å². The van der Waals surface area contributed by atoms with Gasteiger partial charge in [-0.15, -0.1) is 0 Å². The summed E-state index contributed by atoms with van der Waals surface area (Å²) in [5, 5.41) is 4.78. The molecule has 4 aromatic rings. The second kappa shape index (κ2) is 13.7. The van der Waals surface area contributed by atoms with Crippen LogP contribution in [0.5, 0.6) is 6.01 Å². The van der Waals surface area contributed by atoms with Crippen molar-refractivity contribution in [2.75, 3.05) is 70.5 Å². The molecule has 0 aliphatic carbocycles. The Kier molecular flexibility index (Phi) is 8.96. The molecule has 8 rings (SSSR count). The van der Waals surface area contributed by atoms with Crippen LogP contribution in [0.1, 0.15) is 32.1 Å². The first-order valence-electron chi connectivity index (χ1n) is 17.6. The molecule has 0 saturated carbocycles. The molecule has 0 radical (unpaired) electrons. The fraction of sp³-hybridized carbons (Fsp3) is 0.459. The maximum absolute atomic E-state index is 16.8. The third kappa shape index (κ3) is 6.11.